The lowest BCUT2D eigenvalue weighted by Gasteiger charge is -2.08. The Hall–Kier alpha value is -0.470. The van der Waals surface area contributed by atoms with Gasteiger partial charge in [0.1, 0.15) is 0 Å². The summed E-state index contributed by atoms with van der Waals surface area (Å²) in [6.45, 7) is 5.02. The van der Waals surface area contributed by atoms with E-state index in [2.05, 4.69) is 32.0 Å². The minimum absolute atomic E-state index is 0.623. The maximum Gasteiger partial charge on any atom is 0.0189 e. The molecule has 0 atom stereocenters. The van der Waals surface area contributed by atoms with Gasteiger partial charge in [-0.3, -0.25) is 0 Å². The van der Waals surface area contributed by atoms with E-state index in [0.717, 1.165) is 0 Å². The molecule has 1 nitrogen and oxygen atoms in total. The first kappa shape index (κ1) is 9.62. The molecule has 66 valence electrons. The van der Waals surface area contributed by atoms with E-state index in [1.54, 1.807) is 0 Å². The van der Waals surface area contributed by atoms with Crippen molar-refractivity contribution < 1.29 is 0 Å². The van der Waals surface area contributed by atoms with Gasteiger partial charge in [-0.05, 0) is 11.6 Å². The molecule has 0 saturated carbocycles. The fraction of sp³-hybridized carbons (Fsp3) is 0.400. The SMILES string of the molecule is CC(C)Sc1ccccc1CN. The molecular weight excluding hydrogens is 166 g/mol. The van der Waals surface area contributed by atoms with Crippen molar-refractivity contribution in [3.63, 3.8) is 0 Å². The van der Waals surface area contributed by atoms with Gasteiger partial charge in [0.25, 0.3) is 0 Å². The molecule has 2 heteroatoms. The summed E-state index contributed by atoms with van der Waals surface area (Å²) in [4.78, 5) is 1.31. The predicted molar refractivity (Wildman–Crippen MR) is 55.3 cm³/mol. The van der Waals surface area contributed by atoms with Crippen LogP contribution in [0.2, 0.25) is 0 Å². The van der Waals surface area contributed by atoms with Crippen LogP contribution in [0.5, 0.6) is 0 Å². The normalized spacial score (nSPS) is 10.7. The van der Waals surface area contributed by atoms with Gasteiger partial charge in [-0.2, -0.15) is 0 Å². The van der Waals surface area contributed by atoms with Gasteiger partial charge in [0, 0.05) is 16.7 Å². The molecule has 0 aromatic heterocycles. The van der Waals surface area contributed by atoms with Crippen LogP contribution in [0.4, 0.5) is 0 Å². The number of hydrogen-bond donors (Lipinski definition) is 1. The average Bonchev–Trinajstić information content (AvgIpc) is 2.04. The summed E-state index contributed by atoms with van der Waals surface area (Å²) in [7, 11) is 0. The van der Waals surface area contributed by atoms with Crippen molar-refractivity contribution in [2.45, 2.75) is 30.5 Å². The van der Waals surface area contributed by atoms with Crippen LogP contribution >= 0.6 is 11.8 Å². The molecule has 0 radical (unpaired) electrons. The number of thioether (sulfide) groups is 1. The molecule has 12 heavy (non-hydrogen) atoms. The molecule has 1 aromatic carbocycles. The second kappa shape index (κ2) is 4.53. The summed E-state index contributed by atoms with van der Waals surface area (Å²) < 4.78 is 0. The Balaban J connectivity index is 2.82. The van der Waals surface area contributed by atoms with E-state index in [4.69, 9.17) is 5.73 Å². The van der Waals surface area contributed by atoms with E-state index < -0.39 is 0 Å². The molecule has 2 N–H and O–H groups in total. The zero-order valence-corrected chi connectivity index (χ0v) is 8.40. The monoisotopic (exact) mass is 181 g/mol. The van der Waals surface area contributed by atoms with Crippen LogP contribution in [0.15, 0.2) is 29.2 Å². The zero-order chi connectivity index (χ0) is 8.97. The quantitative estimate of drug-likeness (QED) is 0.725. The van der Waals surface area contributed by atoms with Gasteiger partial charge >= 0.3 is 0 Å². The third-order valence-corrected chi connectivity index (χ3v) is 2.68. The van der Waals surface area contributed by atoms with Crippen LogP contribution < -0.4 is 5.73 Å². The Labute approximate surface area is 78.4 Å². The third-order valence-electron chi connectivity index (χ3n) is 1.56. The van der Waals surface area contributed by atoms with E-state index in [0.29, 0.717) is 11.8 Å². The molecule has 0 aliphatic carbocycles. The summed E-state index contributed by atoms with van der Waals surface area (Å²) in [6.07, 6.45) is 0. The molecule has 1 aromatic rings. The summed E-state index contributed by atoms with van der Waals surface area (Å²) in [5, 5.41) is 0.623. The molecule has 0 fully saturated rings. The van der Waals surface area contributed by atoms with Gasteiger partial charge < -0.3 is 5.73 Å². The second-order valence-corrected chi connectivity index (χ2v) is 4.60. The fourth-order valence-corrected chi connectivity index (χ4v) is 2.01. The number of nitrogens with two attached hydrogens (primary N) is 1. The highest BCUT2D eigenvalue weighted by Crippen LogP contribution is 2.25. The maximum atomic E-state index is 5.61. The van der Waals surface area contributed by atoms with Gasteiger partial charge in [-0.25, -0.2) is 0 Å². The van der Waals surface area contributed by atoms with Crippen LogP contribution in [-0.2, 0) is 6.54 Å². The van der Waals surface area contributed by atoms with E-state index in [1.165, 1.54) is 10.5 Å². The van der Waals surface area contributed by atoms with Crippen LogP contribution in [0.25, 0.3) is 0 Å². The molecule has 0 bridgehead atoms. The molecule has 0 heterocycles. The highest BCUT2D eigenvalue weighted by molar-refractivity contribution is 8.00. The van der Waals surface area contributed by atoms with Crippen LogP contribution in [-0.4, -0.2) is 5.25 Å². The molecule has 0 unspecified atom stereocenters. The molecular formula is C10H15NS. The zero-order valence-electron chi connectivity index (χ0n) is 7.58. The lowest BCUT2D eigenvalue weighted by Crippen LogP contribution is -1.99. The van der Waals surface area contributed by atoms with E-state index in [-0.39, 0.29) is 0 Å². The highest BCUT2D eigenvalue weighted by atomic mass is 32.2. The van der Waals surface area contributed by atoms with E-state index in [9.17, 15) is 0 Å². The highest BCUT2D eigenvalue weighted by Gasteiger charge is 2.01. The van der Waals surface area contributed by atoms with Crippen LogP contribution in [0.3, 0.4) is 0 Å². The summed E-state index contributed by atoms with van der Waals surface area (Å²) in [5.74, 6) is 0. The van der Waals surface area contributed by atoms with Gasteiger partial charge in [-0.15, -0.1) is 11.8 Å². The Bertz CT molecular complexity index is 245. The minimum Gasteiger partial charge on any atom is -0.326 e. The van der Waals surface area contributed by atoms with Crippen molar-refractivity contribution in [2.24, 2.45) is 5.73 Å². The van der Waals surface area contributed by atoms with E-state index in [1.807, 2.05) is 17.8 Å². The molecule has 0 aliphatic heterocycles. The minimum atomic E-state index is 0.623. The Morgan fingerprint density at radius 3 is 2.58 bits per heavy atom. The van der Waals surface area contributed by atoms with Gasteiger partial charge in [0.2, 0.25) is 0 Å². The molecule has 0 aliphatic rings. The Morgan fingerprint density at radius 2 is 2.00 bits per heavy atom. The Kier molecular flexibility index (Phi) is 3.63. The lowest BCUT2D eigenvalue weighted by molar-refractivity contribution is 1.02. The van der Waals surface area contributed by atoms with Crippen molar-refractivity contribution in [1.82, 2.24) is 0 Å². The molecule has 0 spiro atoms. The van der Waals surface area contributed by atoms with Gasteiger partial charge in [-0.1, -0.05) is 32.0 Å². The van der Waals surface area contributed by atoms with Crippen molar-refractivity contribution in [2.75, 3.05) is 0 Å². The fourth-order valence-electron chi connectivity index (χ4n) is 1.04. The maximum absolute atomic E-state index is 5.61. The molecule has 0 amide bonds. The number of benzene rings is 1. The van der Waals surface area contributed by atoms with Crippen molar-refractivity contribution in [3.8, 4) is 0 Å². The third kappa shape index (κ3) is 2.54. The smallest absolute Gasteiger partial charge is 0.0189 e. The van der Waals surface area contributed by atoms with Crippen molar-refractivity contribution in [1.29, 1.82) is 0 Å². The molecule has 1 rings (SSSR count). The standard InChI is InChI=1S/C10H15NS/c1-8(2)12-10-6-4-3-5-9(10)7-11/h3-6,8H,7,11H2,1-2H3. The largest absolute Gasteiger partial charge is 0.326 e. The topological polar surface area (TPSA) is 26.0 Å². The summed E-state index contributed by atoms with van der Waals surface area (Å²) in [5.41, 5.74) is 6.86. The second-order valence-electron chi connectivity index (χ2n) is 2.98. The number of hydrogen-bond acceptors (Lipinski definition) is 2. The first-order valence-corrected chi connectivity index (χ1v) is 5.06. The lowest BCUT2D eigenvalue weighted by atomic mass is 10.2. The average molecular weight is 181 g/mol. The Morgan fingerprint density at radius 1 is 1.33 bits per heavy atom. The predicted octanol–water partition coefficient (Wildman–Crippen LogP) is 2.65. The first-order valence-electron chi connectivity index (χ1n) is 4.18. The van der Waals surface area contributed by atoms with Crippen LogP contribution in [0, 0.1) is 0 Å². The van der Waals surface area contributed by atoms with Crippen molar-refractivity contribution >= 4 is 11.8 Å². The summed E-state index contributed by atoms with van der Waals surface area (Å²) in [6, 6.07) is 8.31. The van der Waals surface area contributed by atoms with Crippen LogP contribution in [0.1, 0.15) is 19.4 Å². The number of rotatable bonds is 3. The van der Waals surface area contributed by atoms with E-state index >= 15 is 0 Å². The van der Waals surface area contributed by atoms with Crippen molar-refractivity contribution in [3.05, 3.63) is 29.8 Å². The molecule has 0 saturated heterocycles. The van der Waals surface area contributed by atoms with Gasteiger partial charge in [0.15, 0.2) is 0 Å². The van der Waals surface area contributed by atoms with Gasteiger partial charge in [0.05, 0.1) is 0 Å². The first-order chi connectivity index (χ1) is 5.74. The summed E-state index contributed by atoms with van der Waals surface area (Å²) >= 11 is 1.87.